The fourth-order valence-electron chi connectivity index (χ4n) is 6.31. The highest BCUT2D eigenvalue weighted by atomic mass is 16.5. The molecule has 3 aromatic carbocycles. The maximum absolute atomic E-state index is 13.6. The Kier molecular flexibility index (Phi) is 6.06. The van der Waals surface area contributed by atoms with E-state index in [1.165, 1.54) is 14.2 Å². The van der Waals surface area contributed by atoms with Crippen molar-refractivity contribution in [2.24, 2.45) is 11.8 Å². The van der Waals surface area contributed by atoms with Crippen LogP contribution in [0.4, 0.5) is 5.69 Å². The van der Waals surface area contributed by atoms with Crippen LogP contribution in [0, 0.1) is 11.8 Å². The second-order valence-electron chi connectivity index (χ2n) is 9.80. The first-order valence-electron chi connectivity index (χ1n) is 12.6. The van der Waals surface area contributed by atoms with E-state index in [2.05, 4.69) is 5.32 Å². The van der Waals surface area contributed by atoms with Gasteiger partial charge in [0, 0.05) is 17.9 Å². The first kappa shape index (κ1) is 24.7. The Morgan fingerprint density at radius 3 is 1.82 bits per heavy atom. The highest BCUT2D eigenvalue weighted by Crippen LogP contribution is 2.60. The van der Waals surface area contributed by atoms with Gasteiger partial charge in [-0.15, -0.1) is 0 Å². The molecule has 7 rings (SSSR count). The number of likely N-dealkylation sites (tertiary alicyclic amines) is 1. The SMILES string of the molecule is COc1ccc(OC)c(NC(=O)COC(=O)CN2C(=O)[C@@H]3C4c5ccccc5C(c5ccccc54)[C@@H]3C2=O)c1. The van der Waals surface area contributed by atoms with Crippen LogP contribution in [-0.4, -0.2) is 56.0 Å². The number of imide groups is 1. The number of benzene rings is 3. The van der Waals surface area contributed by atoms with E-state index in [1.54, 1.807) is 18.2 Å². The summed E-state index contributed by atoms with van der Waals surface area (Å²) in [6.07, 6.45) is 0. The molecule has 3 aromatic rings. The molecule has 3 amide bonds. The number of ether oxygens (including phenoxy) is 3. The van der Waals surface area contributed by atoms with Gasteiger partial charge in [-0.05, 0) is 34.4 Å². The van der Waals surface area contributed by atoms with Crippen LogP contribution in [0.5, 0.6) is 11.5 Å². The number of nitrogens with zero attached hydrogens (tertiary/aromatic N) is 1. The summed E-state index contributed by atoms with van der Waals surface area (Å²) in [5, 5.41) is 2.61. The summed E-state index contributed by atoms with van der Waals surface area (Å²) in [7, 11) is 2.96. The van der Waals surface area contributed by atoms with Crippen LogP contribution in [0.2, 0.25) is 0 Å². The number of nitrogens with one attached hydrogen (secondary N) is 1. The van der Waals surface area contributed by atoms with Gasteiger partial charge in [0.05, 0.1) is 31.7 Å². The molecule has 0 unspecified atom stereocenters. The third kappa shape index (κ3) is 3.93. The largest absolute Gasteiger partial charge is 0.497 e. The molecule has 1 saturated heterocycles. The lowest BCUT2D eigenvalue weighted by molar-refractivity contribution is -0.154. The summed E-state index contributed by atoms with van der Waals surface area (Å²) in [6, 6.07) is 20.7. The number of carbonyl (C=O) groups excluding carboxylic acids is 4. The molecule has 4 aliphatic rings. The van der Waals surface area contributed by atoms with Crippen LogP contribution in [0.15, 0.2) is 66.7 Å². The molecule has 2 bridgehead atoms. The highest BCUT2D eigenvalue weighted by Gasteiger charge is 2.61. The van der Waals surface area contributed by atoms with Crippen molar-refractivity contribution in [1.29, 1.82) is 0 Å². The molecule has 198 valence electrons. The summed E-state index contributed by atoms with van der Waals surface area (Å²) in [5.41, 5.74) is 4.56. The number of carbonyl (C=O) groups is 4. The Morgan fingerprint density at radius 1 is 0.795 bits per heavy atom. The van der Waals surface area contributed by atoms with Crippen LogP contribution in [0.3, 0.4) is 0 Å². The van der Waals surface area contributed by atoms with Gasteiger partial charge in [-0.1, -0.05) is 48.5 Å². The third-order valence-electron chi connectivity index (χ3n) is 7.87. The predicted molar refractivity (Wildman–Crippen MR) is 139 cm³/mol. The Hall–Kier alpha value is -4.66. The summed E-state index contributed by atoms with van der Waals surface area (Å²) < 4.78 is 15.5. The summed E-state index contributed by atoms with van der Waals surface area (Å²) in [6.45, 7) is -1.14. The van der Waals surface area contributed by atoms with Gasteiger partial charge in [0.15, 0.2) is 6.61 Å². The molecule has 1 aliphatic heterocycles. The van der Waals surface area contributed by atoms with Crippen LogP contribution >= 0.6 is 0 Å². The zero-order valence-electron chi connectivity index (χ0n) is 21.4. The summed E-state index contributed by atoms with van der Waals surface area (Å²) in [5.74, 6) is -2.97. The topological polar surface area (TPSA) is 111 Å². The molecule has 0 aromatic heterocycles. The molecule has 0 saturated carbocycles. The van der Waals surface area contributed by atoms with E-state index in [-0.39, 0.29) is 23.7 Å². The number of hydrogen-bond acceptors (Lipinski definition) is 7. The lowest BCUT2D eigenvalue weighted by Crippen LogP contribution is -2.41. The van der Waals surface area contributed by atoms with Crippen molar-refractivity contribution in [1.82, 2.24) is 4.90 Å². The molecule has 0 radical (unpaired) electrons. The van der Waals surface area contributed by atoms with E-state index in [9.17, 15) is 19.2 Å². The maximum atomic E-state index is 13.6. The fourth-order valence-corrected chi connectivity index (χ4v) is 6.31. The zero-order chi connectivity index (χ0) is 27.3. The molecular formula is C30H26N2O7. The average molecular weight is 527 g/mol. The van der Waals surface area contributed by atoms with Crippen molar-refractivity contribution in [3.8, 4) is 11.5 Å². The molecule has 2 atom stereocenters. The van der Waals surface area contributed by atoms with Gasteiger partial charge in [-0.25, -0.2) is 0 Å². The molecule has 3 aliphatic carbocycles. The van der Waals surface area contributed by atoms with Crippen molar-refractivity contribution in [3.05, 3.63) is 89.0 Å². The van der Waals surface area contributed by atoms with Crippen LogP contribution in [-0.2, 0) is 23.9 Å². The standard InChI is InChI=1S/C30H26N2O7/c1-37-16-11-12-22(38-2)21(13-16)31-23(33)15-39-24(34)14-32-29(35)27-25-17-7-3-4-8-18(17)26(28(27)30(32)36)20-10-6-5-9-19(20)25/h3-13,25-28H,14-15H2,1-2H3,(H,31,33)/t25?,26?,27-,28+. The number of anilines is 1. The predicted octanol–water partition coefficient (Wildman–Crippen LogP) is 3.08. The molecule has 1 N–H and O–H groups in total. The van der Waals surface area contributed by atoms with Gasteiger partial charge in [-0.2, -0.15) is 0 Å². The molecular weight excluding hydrogens is 500 g/mol. The normalized spacial score (nSPS) is 22.1. The van der Waals surface area contributed by atoms with E-state index >= 15 is 0 Å². The van der Waals surface area contributed by atoms with Crippen LogP contribution in [0.1, 0.15) is 34.1 Å². The third-order valence-corrected chi connectivity index (χ3v) is 7.87. The second kappa shape index (κ2) is 9.58. The Balaban J connectivity index is 1.16. The van der Waals surface area contributed by atoms with E-state index in [0.29, 0.717) is 17.2 Å². The van der Waals surface area contributed by atoms with E-state index < -0.39 is 36.9 Å². The van der Waals surface area contributed by atoms with Crippen molar-refractivity contribution in [2.45, 2.75) is 11.8 Å². The maximum Gasteiger partial charge on any atom is 0.326 e. The second-order valence-corrected chi connectivity index (χ2v) is 9.80. The quantitative estimate of drug-likeness (QED) is 0.372. The lowest BCUT2D eigenvalue weighted by Gasteiger charge is -2.45. The molecule has 0 spiro atoms. The Labute approximate surface area is 224 Å². The Bertz CT molecular complexity index is 1400. The first-order valence-corrected chi connectivity index (χ1v) is 12.6. The van der Waals surface area contributed by atoms with Crippen molar-refractivity contribution in [2.75, 3.05) is 32.7 Å². The highest BCUT2D eigenvalue weighted by molar-refractivity contribution is 6.09. The minimum Gasteiger partial charge on any atom is -0.497 e. The van der Waals surface area contributed by atoms with Gasteiger partial charge >= 0.3 is 5.97 Å². The molecule has 39 heavy (non-hydrogen) atoms. The van der Waals surface area contributed by atoms with Crippen LogP contribution in [0.25, 0.3) is 0 Å². The minimum absolute atomic E-state index is 0.256. The van der Waals surface area contributed by atoms with Gasteiger partial charge < -0.3 is 19.5 Å². The summed E-state index contributed by atoms with van der Waals surface area (Å²) in [4.78, 5) is 53.4. The number of amides is 3. The monoisotopic (exact) mass is 526 g/mol. The van der Waals surface area contributed by atoms with Crippen LogP contribution < -0.4 is 14.8 Å². The van der Waals surface area contributed by atoms with Gasteiger partial charge in [-0.3, -0.25) is 24.1 Å². The molecule has 9 nitrogen and oxygen atoms in total. The lowest BCUT2D eigenvalue weighted by atomic mass is 9.55. The number of methoxy groups -OCH3 is 2. The Morgan fingerprint density at radius 2 is 1.33 bits per heavy atom. The van der Waals surface area contributed by atoms with E-state index in [1.807, 2.05) is 48.5 Å². The van der Waals surface area contributed by atoms with Crippen molar-refractivity contribution in [3.63, 3.8) is 0 Å². The smallest absolute Gasteiger partial charge is 0.326 e. The number of hydrogen-bond donors (Lipinski definition) is 1. The molecule has 1 fully saturated rings. The first-order chi connectivity index (χ1) is 18.9. The summed E-state index contributed by atoms with van der Waals surface area (Å²) >= 11 is 0. The average Bonchev–Trinajstić information content (AvgIpc) is 3.21. The number of esters is 1. The van der Waals surface area contributed by atoms with Crippen molar-refractivity contribution < 1.29 is 33.4 Å². The zero-order valence-corrected chi connectivity index (χ0v) is 21.4. The van der Waals surface area contributed by atoms with Gasteiger partial charge in [0.25, 0.3) is 5.91 Å². The van der Waals surface area contributed by atoms with Gasteiger partial charge in [0.2, 0.25) is 11.8 Å². The molecule has 1 heterocycles. The molecule has 9 heteroatoms. The number of rotatable bonds is 7. The fraction of sp³-hybridized carbons (Fsp3) is 0.267. The van der Waals surface area contributed by atoms with Gasteiger partial charge in [0.1, 0.15) is 18.0 Å². The van der Waals surface area contributed by atoms with E-state index in [0.717, 1.165) is 27.2 Å². The van der Waals surface area contributed by atoms with Crippen molar-refractivity contribution >= 4 is 29.4 Å². The minimum atomic E-state index is -0.842. The van der Waals surface area contributed by atoms with E-state index in [4.69, 9.17) is 14.2 Å².